The molecule has 18 heavy (non-hydrogen) atoms. The molecule has 0 amide bonds. The minimum absolute atomic E-state index is 0.694. The monoisotopic (exact) mass is 279 g/mol. The number of nitrogen functional groups attached to an aromatic ring is 1. The number of rotatable bonds is 5. The van der Waals surface area contributed by atoms with Crippen LogP contribution >= 0.6 is 23.4 Å². The summed E-state index contributed by atoms with van der Waals surface area (Å²) in [4.78, 5) is 4.07. The van der Waals surface area contributed by atoms with Gasteiger partial charge in [0, 0.05) is 22.7 Å². The lowest BCUT2D eigenvalue weighted by Crippen LogP contribution is -2.08. The summed E-state index contributed by atoms with van der Waals surface area (Å²) >= 11 is 7.69. The van der Waals surface area contributed by atoms with Crippen molar-refractivity contribution in [1.82, 2.24) is 4.98 Å². The van der Waals surface area contributed by atoms with E-state index in [1.165, 1.54) is 11.1 Å². The maximum atomic E-state index is 5.84. The summed E-state index contributed by atoms with van der Waals surface area (Å²) in [5, 5.41) is 0.775. The molecule has 0 aliphatic carbocycles. The van der Waals surface area contributed by atoms with Gasteiger partial charge >= 0.3 is 0 Å². The normalized spacial score (nSPS) is 10.3. The van der Waals surface area contributed by atoms with Crippen LogP contribution in [0.5, 0.6) is 0 Å². The predicted molar refractivity (Wildman–Crippen MR) is 78.5 cm³/mol. The first-order chi connectivity index (χ1) is 8.78. The average molecular weight is 280 g/mol. The van der Waals surface area contributed by atoms with Gasteiger partial charge in [-0.05, 0) is 35.4 Å². The van der Waals surface area contributed by atoms with Gasteiger partial charge in [-0.1, -0.05) is 23.7 Å². The second kappa shape index (κ2) is 6.64. The van der Waals surface area contributed by atoms with Crippen LogP contribution in [0.4, 0.5) is 5.82 Å². The van der Waals surface area contributed by atoms with Crippen LogP contribution in [-0.2, 0) is 11.5 Å². The van der Waals surface area contributed by atoms with E-state index in [-0.39, 0.29) is 0 Å². The summed E-state index contributed by atoms with van der Waals surface area (Å²) in [6, 6.07) is 11.9. The topological polar surface area (TPSA) is 50.9 Å². The molecule has 0 saturated heterocycles. The smallest absolute Gasteiger partial charge is 0.140 e. The summed E-state index contributed by atoms with van der Waals surface area (Å²) in [5.41, 5.74) is 5.03. The molecule has 3 nitrogen and oxygen atoms in total. The van der Waals surface area contributed by atoms with Crippen LogP contribution in [0.15, 0.2) is 42.6 Å². The fourth-order valence-corrected chi connectivity index (χ4v) is 2.58. The highest BCUT2D eigenvalue weighted by molar-refractivity contribution is 7.97. The number of aromatic nitrogens is 1. The van der Waals surface area contributed by atoms with E-state index < -0.39 is 0 Å². The van der Waals surface area contributed by atoms with Crippen molar-refractivity contribution in [3.05, 3.63) is 58.7 Å². The number of nitrogens with two attached hydrogens (primary N) is 1. The maximum absolute atomic E-state index is 5.84. The van der Waals surface area contributed by atoms with E-state index in [4.69, 9.17) is 17.4 Å². The van der Waals surface area contributed by atoms with Gasteiger partial charge in [0.25, 0.3) is 0 Å². The summed E-state index contributed by atoms with van der Waals surface area (Å²) in [6.07, 6.45) is 1.76. The van der Waals surface area contributed by atoms with Crippen LogP contribution in [0, 0.1) is 0 Å². The Morgan fingerprint density at radius 3 is 2.56 bits per heavy atom. The first-order valence-corrected chi connectivity index (χ1v) is 7.05. The lowest BCUT2D eigenvalue weighted by atomic mass is 10.2. The van der Waals surface area contributed by atoms with Gasteiger partial charge in [-0.3, -0.25) is 0 Å². The molecule has 0 spiro atoms. The Kier molecular flexibility index (Phi) is 4.87. The van der Waals surface area contributed by atoms with Crippen LogP contribution in [0.2, 0.25) is 5.02 Å². The number of hydrogen-bond acceptors (Lipinski definition) is 4. The SMILES string of the molecule is NNc1cc(CSCc2ccc(Cl)cc2)ccn1. The fourth-order valence-electron chi connectivity index (χ4n) is 1.51. The average Bonchev–Trinajstić information content (AvgIpc) is 2.41. The van der Waals surface area contributed by atoms with E-state index in [2.05, 4.69) is 22.5 Å². The summed E-state index contributed by atoms with van der Waals surface area (Å²) in [5.74, 6) is 7.91. The Labute approximate surface area is 116 Å². The third-order valence-corrected chi connectivity index (χ3v) is 3.75. The Morgan fingerprint density at radius 1 is 1.11 bits per heavy atom. The third kappa shape index (κ3) is 3.91. The molecule has 0 radical (unpaired) electrons. The molecule has 94 valence electrons. The van der Waals surface area contributed by atoms with Gasteiger partial charge < -0.3 is 5.43 Å². The van der Waals surface area contributed by atoms with Crippen molar-refractivity contribution >= 4 is 29.2 Å². The van der Waals surface area contributed by atoms with Crippen molar-refractivity contribution in [2.45, 2.75) is 11.5 Å². The molecule has 0 bridgehead atoms. The van der Waals surface area contributed by atoms with Crippen molar-refractivity contribution in [1.29, 1.82) is 0 Å². The molecule has 0 aliphatic rings. The zero-order valence-electron chi connectivity index (χ0n) is 9.77. The highest BCUT2D eigenvalue weighted by Gasteiger charge is 1.98. The second-order valence-corrected chi connectivity index (χ2v) is 5.23. The predicted octanol–water partition coefficient (Wildman–Crippen LogP) is 3.45. The lowest BCUT2D eigenvalue weighted by molar-refractivity contribution is 1.20. The quantitative estimate of drug-likeness (QED) is 0.650. The van der Waals surface area contributed by atoms with Crippen molar-refractivity contribution < 1.29 is 0 Å². The van der Waals surface area contributed by atoms with E-state index in [1.807, 2.05) is 36.0 Å². The first kappa shape index (κ1) is 13.2. The number of benzene rings is 1. The molecule has 5 heteroatoms. The number of halogens is 1. The van der Waals surface area contributed by atoms with Crippen LogP contribution in [0.1, 0.15) is 11.1 Å². The number of pyridine rings is 1. The molecule has 0 atom stereocenters. The number of anilines is 1. The van der Waals surface area contributed by atoms with Gasteiger partial charge in [0.1, 0.15) is 5.82 Å². The molecule has 0 aliphatic heterocycles. The molecule has 0 fully saturated rings. The summed E-state index contributed by atoms with van der Waals surface area (Å²) < 4.78 is 0. The number of nitrogens with zero attached hydrogens (tertiary/aromatic N) is 1. The molecule has 2 rings (SSSR count). The van der Waals surface area contributed by atoms with Gasteiger partial charge in [-0.2, -0.15) is 11.8 Å². The number of nitrogens with one attached hydrogen (secondary N) is 1. The fraction of sp³-hybridized carbons (Fsp3) is 0.154. The molecule has 1 aromatic heterocycles. The second-order valence-electron chi connectivity index (χ2n) is 3.81. The summed E-state index contributed by atoms with van der Waals surface area (Å²) in [7, 11) is 0. The Hall–Kier alpha value is -1.23. The standard InChI is InChI=1S/C13H14ClN3S/c14-12-3-1-10(2-4-12)8-18-9-11-5-6-16-13(7-11)17-15/h1-7H,8-9,15H2,(H,16,17). The van der Waals surface area contributed by atoms with Crippen LogP contribution in [0.25, 0.3) is 0 Å². The van der Waals surface area contributed by atoms with Gasteiger partial charge in [-0.25, -0.2) is 10.8 Å². The van der Waals surface area contributed by atoms with E-state index in [0.29, 0.717) is 5.82 Å². The molecule has 2 aromatic rings. The van der Waals surface area contributed by atoms with E-state index in [9.17, 15) is 0 Å². The van der Waals surface area contributed by atoms with Crippen LogP contribution in [-0.4, -0.2) is 4.98 Å². The van der Waals surface area contributed by atoms with Crippen molar-refractivity contribution in [2.75, 3.05) is 5.43 Å². The summed E-state index contributed by atoms with van der Waals surface area (Å²) in [6.45, 7) is 0. The lowest BCUT2D eigenvalue weighted by Gasteiger charge is -2.04. The minimum Gasteiger partial charge on any atom is -0.308 e. The maximum Gasteiger partial charge on any atom is 0.140 e. The largest absolute Gasteiger partial charge is 0.308 e. The third-order valence-electron chi connectivity index (χ3n) is 2.42. The highest BCUT2D eigenvalue weighted by Crippen LogP contribution is 2.20. The zero-order chi connectivity index (χ0) is 12.8. The van der Waals surface area contributed by atoms with Gasteiger partial charge in [0.15, 0.2) is 0 Å². The molecular weight excluding hydrogens is 266 g/mol. The Morgan fingerprint density at radius 2 is 1.83 bits per heavy atom. The zero-order valence-corrected chi connectivity index (χ0v) is 11.3. The van der Waals surface area contributed by atoms with Gasteiger partial charge in [0.05, 0.1) is 0 Å². The minimum atomic E-state index is 0.694. The van der Waals surface area contributed by atoms with E-state index in [0.717, 1.165) is 16.5 Å². The van der Waals surface area contributed by atoms with Crippen LogP contribution in [0.3, 0.4) is 0 Å². The molecule has 1 heterocycles. The Balaban J connectivity index is 1.86. The van der Waals surface area contributed by atoms with Gasteiger partial charge in [0.2, 0.25) is 0 Å². The molecule has 1 aromatic carbocycles. The van der Waals surface area contributed by atoms with E-state index >= 15 is 0 Å². The molecule has 3 N–H and O–H groups in total. The van der Waals surface area contributed by atoms with E-state index in [1.54, 1.807) is 6.20 Å². The molecule has 0 unspecified atom stereocenters. The Bertz CT molecular complexity index is 502. The van der Waals surface area contributed by atoms with Crippen LogP contribution < -0.4 is 11.3 Å². The number of hydrogen-bond donors (Lipinski definition) is 2. The first-order valence-electron chi connectivity index (χ1n) is 5.51. The molecular formula is C13H14ClN3S. The van der Waals surface area contributed by atoms with Crippen molar-refractivity contribution in [3.63, 3.8) is 0 Å². The number of thioether (sulfide) groups is 1. The molecule has 0 saturated carbocycles. The van der Waals surface area contributed by atoms with Gasteiger partial charge in [-0.15, -0.1) is 0 Å². The number of hydrazine groups is 1. The van der Waals surface area contributed by atoms with Crippen molar-refractivity contribution in [2.24, 2.45) is 5.84 Å². The van der Waals surface area contributed by atoms with Crippen molar-refractivity contribution in [3.8, 4) is 0 Å². The highest BCUT2D eigenvalue weighted by atomic mass is 35.5.